The van der Waals surface area contributed by atoms with Gasteiger partial charge in [-0.15, -0.1) is 0 Å². The van der Waals surface area contributed by atoms with Gasteiger partial charge in [0.25, 0.3) is 0 Å². The van der Waals surface area contributed by atoms with E-state index < -0.39 is 11.4 Å². The van der Waals surface area contributed by atoms with E-state index in [0.29, 0.717) is 12.0 Å². The normalized spacial score (nSPS) is 19.4. The Hall–Kier alpha value is -3.46. The van der Waals surface area contributed by atoms with Crippen molar-refractivity contribution < 1.29 is 14.3 Å². The van der Waals surface area contributed by atoms with E-state index in [0.717, 1.165) is 28.7 Å². The van der Waals surface area contributed by atoms with Gasteiger partial charge >= 0.3 is 5.97 Å². The molecule has 0 spiro atoms. The molecule has 0 aliphatic heterocycles. The highest BCUT2D eigenvalue weighted by molar-refractivity contribution is 6.13. The summed E-state index contributed by atoms with van der Waals surface area (Å²) in [5.74, 6) is -0.363. The number of rotatable bonds is 4. The highest BCUT2D eigenvalue weighted by Gasteiger charge is 2.50. The molecule has 29 heavy (non-hydrogen) atoms. The van der Waals surface area contributed by atoms with Crippen LogP contribution in [0.1, 0.15) is 37.4 Å². The maximum atomic E-state index is 13.6. The summed E-state index contributed by atoms with van der Waals surface area (Å²) in [4.78, 5) is 26.3. The first-order chi connectivity index (χ1) is 14.2. The van der Waals surface area contributed by atoms with Crippen LogP contribution in [0.5, 0.6) is 0 Å². The molecule has 1 atom stereocenters. The standard InChI is InChI=1S/C26H20O3/c27-24-22-13-7-5-11-20(22)16-26(24,17-29-25(28)19-9-2-1-3-10-19)23-15-14-18-8-4-6-12-21(18)23/h1-13,15H,14,16-17H2. The monoisotopic (exact) mass is 380 g/mol. The molecule has 3 aromatic carbocycles. The summed E-state index contributed by atoms with van der Waals surface area (Å²) in [5, 5.41) is 0. The fourth-order valence-corrected chi connectivity index (χ4v) is 4.55. The van der Waals surface area contributed by atoms with Crippen molar-refractivity contribution in [1.82, 2.24) is 0 Å². The summed E-state index contributed by atoms with van der Waals surface area (Å²) in [6, 6.07) is 24.8. The van der Waals surface area contributed by atoms with Gasteiger partial charge in [-0.2, -0.15) is 0 Å². The molecule has 1 unspecified atom stereocenters. The number of ether oxygens (including phenoxy) is 1. The lowest BCUT2D eigenvalue weighted by Gasteiger charge is -2.29. The summed E-state index contributed by atoms with van der Waals surface area (Å²) >= 11 is 0. The Balaban J connectivity index is 1.54. The molecular weight excluding hydrogens is 360 g/mol. The molecule has 3 aromatic rings. The SMILES string of the molecule is O=C(OCC1(C2=CCc3ccccc32)Cc2ccccc2C1=O)c1ccccc1. The topological polar surface area (TPSA) is 43.4 Å². The Morgan fingerprint density at radius 3 is 2.24 bits per heavy atom. The fraction of sp³-hybridized carbons (Fsp3) is 0.154. The minimum absolute atomic E-state index is 0.0361. The molecule has 2 aliphatic carbocycles. The highest BCUT2D eigenvalue weighted by Crippen LogP contribution is 2.49. The summed E-state index contributed by atoms with van der Waals surface area (Å²) in [6.07, 6.45) is 3.47. The molecule has 0 heterocycles. The molecule has 0 fully saturated rings. The van der Waals surface area contributed by atoms with E-state index in [1.54, 1.807) is 24.3 Å². The smallest absolute Gasteiger partial charge is 0.338 e. The summed E-state index contributed by atoms with van der Waals surface area (Å²) in [5.41, 5.74) is 4.64. The molecule has 0 N–H and O–H groups in total. The van der Waals surface area contributed by atoms with Gasteiger partial charge in [0.05, 0.1) is 11.0 Å². The van der Waals surface area contributed by atoms with E-state index >= 15 is 0 Å². The Morgan fingerprint density at radius 1 is 0.828 bits per heavy atom. The fourth-order valence-electron chi connectivity index (χ4n) is 4.55. The number of Topliss-reactive ketones (excluding diaryl/α,β-unsaturated/α-hetero) is 1. The average molecular weight is 380 g/mol. The van der Waals surface area contributed by atoms with Crippen LogP contribution in [0.3, 0.4) is 0 Å². The molecule has 3 heteroatoms. The second kappa shape index (κ2) is 6.85. The van der Waals surface area contributed by atoms with Gasteiger partial charge in [-0.3, -0.25) is 4.79 Å². The van der Waals surface area contributed by atoms with Gasteiger partial charge in [0.1, 0.15) is 6.61 Å². The van der Waals surface area contributed by atoms with Crippen molar-refractivity contribution >= 4 is 17.3 Å². The number of carbonyl (C=O) groups excluding carboxylic acids is 2. The summed E-state index contributed by atoms with van der Waals surface area (Å²) in [6.45, 7) is 0.0361. The number of allylic oxidation sites excluding steroid dienone is 1. The van der Waals surface area contributed by atoms with Crippen molar-refractivity contribution in [2.24, 2.45) is 5.41 Å². The lowest BCUT2D eigenvalue weighted by atomic mass is 9.75. The van der Waals surface area contributed by atoms with Crippen LogP contribution in [0.4, 0.5) is 0 Å². The van der Waals surface area contributed by atoms with E-state index in [9.17, 15) is 9.59 Å². The molecule has 2 aliphatic rings. The van der Waals surface area contributed by atoms with Crippen LogP contribution in [0.25, 0.3) is 5.57 Å². The zero-order valence-electron chi connectivity index (χ0n) is 15.9. The number of hydrogen-bond donors (Lipinski definition) is 0. The van der Waals surface area contributed by atoms with Crippen molar-refractivity contribution in [1.29, 1.82) is 0 Å². The highest BCUT2D eigenvalue weighted by atomic mass is 16.5. The third-order valence-electron chi connectivity index (χ3n) is 6.00. The van der Waals surface area contributed by atoms with E-state index in [1.807, 2.05) is 42.5 Å². The second-order valence-corrected chi connectivity index (χ2v) is 7.67. The molecular formula is C26H20O3. The minimum Gasteiger partial charge on any atom is -0.461 e. The Morgan fingerprint density at radius 2 is 1.48 bits per heavy atom. The summed E-state index contributed by atoms with van der Waals surface area (Å²) in [7, 11) is 0. The second-order valence-electron chi connectivity index (χ2n) is 7.67. The molecule has 5 rings (SSSR count). The first-order valence-electron chi connectivity index (χ1n) is 9.83. The van der Waals surface area contributed by atoms with Crippen LogP contribution >= 0.6 is 0 Å². The van der Waals surface area contributed by atoms with Crippen molar-refractivity contribution in [3.05, 3.63) is 113 Å². The first-order valence-corrected chi connectivity index (χ1v) is 9.83. The van der Waals surface area contributed by atoms with Gasteiger partial charge in [0.15, 0.2) is 5.78 Å². The van der Waals surface area contributed by atoms with Crippen LogP contribution in [0.2, 0.25) is 0 Å². The third kappa shape index (κ3) is 2.82. The molecule has 0 bridgehead atoms. The van der Waals surface area contributed by atoms with Crippen molar-refractivity contribution in [3.8, 4) is 0 Å². The van der Waals surface area contributed by atoms with Crippen LogP contribution in [-0.2, 0) is 17.6 Å². The van der Waals surface area contributed by atoms with Gasteiger partial charge in [-0.1, -0.05) is 72.8 Å². The van der Waals surface area contributed by atoms with Crippen molar-refractivity contribution in [3.63, 3.8) is 0 Å². The van der Waals surface area contributed by atoms with Gasteiger partial charge in [-0.05, 0) is 47.2 Å². The van der Waals surface area contributed by atoms with E-state index in [-0.39, 0.29) is 12.4 Å². The quantitative estimate of drug-likeness (QED) is 0.604. The summed E-state index contributed by atoms with van der Waals surface area (Å²) < 4.78 is 5.74. The zero-order valence-corrected chi connectivity index (χ0v) is 15.9. The molecule has 0 amide bonds. The largest absolute Gasteiger partial charge is 0.461 e. The van der Waals surface area contributed by atoms with Crippen LogP contribution < -0.4 is 0 Å². The van der Waals surface area contributed by atoms with Crippen LogP contribution in [-0.4, -0.2) is 18.4 Å². The Labute approximate surface area is 169 Å². The van der Waals surface area contributed by atoms with Gasteiger partial charge < -0.3 is 4.74 Å². The van der Waals surface area contributed by atoms with Crippen LogP contribution in [0.15, 0.2) is 84.9 Å². The third-order valence-corrected chi connectivity index (χ3v) is 6.00. The molecule has 142 valence electrons. The predicted molar refractivity (Wildman–Crippen MR) is 112 cm³/mol. The van der Waals surface area contributed by atoms with E-state index in [4.69, 9.17) is 4.74 Å². The van der Waals surface area contributed by atoms with Crippen LogP contribution in [0, 0.1) is 5.41 Å². The van der Waals surface area contributed by atoms with Gasteiger partial charge in [-0.25, -0.2) is 4.79 Å². The van der Waals surface area contributed by atoms with E-state index in [2.05, 4.69) is 18.2 Å². The first kappa shape index (κ1) is 17.6. The lowest BCUT2D eigenvalue weighted by Crippen LogP contribution is -2.35. The van der Waals surface area contributed by atoms with E-state index in [1.165, 1.54) is 5.56 Å². The lowest BCUT2D eigenvalue weighted by molar-refractivity contribution is 0.0375. The number of benzene rings is 3. The Kier molecular flexibility index (Phi) is 4.17. The van der Waals surface area contributed by atoms with Gasteiger partial charge in [0, 0.05) is 5.56 Å². The number of esters is 1. The minimum atomic E-state index is -0.874. The molecule has 0 radical (unpaired) electrons. The molecule has 0 saturated carbocycles. The molecule has 3 nitrogen and oxygen atoms in total. The number of fused-ring (bicyclic) bond motifs is 2. The Bertz CT molecular complexity index is 1140. The maximum Gasteiger partial charge on any atom is 0.338 e. The number of carbonyl (C=O) groups is 2. The predicted octanol–water partition coefficient (Wildman–Crippen LogP) is 4.91. The number of ketones is 1. The number of hydrogen-bond acceptors (Lipinski definition) is 3. The van der Waals surface area contributed by atoms with Gasteiger partial charge in [0.2, 0.25) is 0 Å². The molecule has 0 aromatic heterocycles. The average Bonchev–Trinajstić information content (AvgIpc) is 3.33. The molecule has 0 saturated heterocycles. The maximum absolute atomic E-state index is 13.6. The van der Waals surface area contributed by atoms with Crippen molar-refractivity contribution in [2.45, 2.75) is 12.8 Å². The van der Waals surface area contributed by atoms with Crippen molar-refractivity contribution in [2.75, 3.05) is 6.61 Å². The zero-order chi connectivity index (χ0) is 19.8.